The maximum Gasteiger partial charge on any atom is 0.351 e. The first-order valence-corrected chi connectivity index (χ1v) is 8.03. The molecule has 0 saturated carbocycles. The Balaban J connectivity index is 2.60. The van der Waals surface area contributed by atoms with Crippen LogP contribution in [0.25, 0.3) is 6.08 Å². The van der Waals surface area contributed by atoms with E-state index in [1.165, 1.54) is 6.08 Å². The lowest BCUT2D eigenvalue weighted by atomic mass is 10.1. The van der Waals surface area contributed by atoms with Crippen LogP contribution in [0.5, 0.6) is 0 Å². The molecule has 1 unspecified atom stereocenters. The molecule has 2 N–H and O–H groups in total. The van der Waals surface area contributed by atoms with Gasteiger partial charge >= 0.3 is 7.60 Å². The van der Waals surface area contributed by atoms with Crippen LogP contribution in [-0.2, 0) is 4.57 Å². The summed E-state index contributed by atoms with van der Waals surface area (Å²) in [6.07, 6.45) is 3.26. The molecule has 0 saturated heterocycles. The highest BCUT2D eigenvalue weighted by Gasteiger charge is 2.34. The van der Waals surface area contributed by atoms with Gasteiger partial charge in [0.05, 0.1) is 5.69 Å². The molecule has 17 heavy (non-hydrogen) atoms. The molecule has 0 radical (unpaired) electrons. The summed E-state index contributed by atoms with van der Waals surface area (Å²) in [5.41, 5.74) is 1.68. The summed E-state index contributed by atoms with van der Waals surface area (Å²) >= 11 is 6.82. The van der Waals surface area contributed by atoms with Crippen LogP contribution in [0.3, 0.4) is 0 Å². The van der Waals surface area contributed by atoms with Gasteiger partial charge in [0.15, 0.2) is 0 Å². The molecule has 1 aromatic rings. The second-order valence-corrected chi connectivity index (χ2v) is 7.18. The lowest BCUT2D eigenvalue weighted by molar-refractivity contribution is 0.364. The molecule has 7 heteroatoms. The molecular weight excluding hydrogens is 373 g/mol. The van der Waals surface area contributed by atoms with E-state index in [4.69, 9.17) is 0 Å². The highest BCUT2D eigenvalue weighted by atomic mass is 79.9. The fourth-order valence-corrected chi connectivity index (χ4v) is 3.81. The molecule has 0 amide bonds. The lowest BCUT2D eigenvalue weighted by Crippen LogP contribution is -2.32. The zero-order chi connectivity index (χ0) is 12.8. The lowest BCUT2D eigenvalue weighted by Gasteiger charge is -2.33. The third kappa shape index (κ3) is 2.37. The van der Waals surface area contributed by atoms with Gasteiger partial charge in [0, 0.05) is 21.6 Å². The SMILES string of the molecule is CN1c2c(Br)ccc(Br)c2C=CC1P(=O)(O)O. The number of nitrogens with zero attached hydrogens (tertiary/aromatic N) is 1. The number of likely N-dealkylation sites (N-methyl/N-ethyl adjacent to an activating group) is 1. The fraction of sp³-hybridized carbons (Fsp3) is 0.200. The smallest absolute Gasteiger partial charge is 0.351 e. The van der Waals surface area contributed by atoms with Crippen LogP contribution in [0.1, 0.15) is 5.56 Å². The maximum atomic E-state index is 11.4. The van der Waals surface area contributed by atoms with Crippen LogP contribution in [-0.4, -0.2) is 22.6 Å². The molecule has 1 aromatic carbocycles. The van der Waals surface area contributed by atoms with Crippen molar-refractivity contribution < 1.29 is 14.4 Å². The van der Waals surface area contributed by atoms with Crippen LogP contribution in [0.2, 0.25) is 0 Å². The Hall–Kier alpha value is -0.130. The number of hydrogen-bond donors (Lipinski definition) is 2. The van der Waals surface area contributed by atoms with E-state index in [2.05, 4.69) is 31.9 Å². The average Bonchev–Trinajstić information content (AvgIpc) is 2.21. The number of rotatable bonds is 1. The second-order valence-electron chi connectivity index (χ2n) is 3.76. The molecule has 0 aliphatic carbocycles. The van der Waals surface area contributed by atoms with Gasteiger partial charge < -0.3 is 14.7 Å². The first-order chi connectivity index (χ1) is 7.82. The van der Waals surface area contributed by atoms with Crippen molar-refractivity contribution >= 4 is 51.2 Å². The Morgan fingerprint density at radius 3 is 2.47 bits per heavy atom. The third-order valence-corrected chi connectivity index (χ3v) is 5.18. The van der Waals surface area contributed by atoms with E-state index >= 15 is 0 Å². The standard InChI is InChI=1S/C10H10Br2NO3P/c1-13-9(17(14,15)16)5-2-6-7(11)3-4-8(12)10(6)13/h2-5,9H,1H3,(H2,14,15,16). The molecule has 92 valence electrons. The molecule has 1 heterocycles. The summed E-state index contributed by atoms with van der Waals surface area (Å²) in [6.45, 7) is 0. The largest absolute Gasteiger partial charge is 0.356 e. The van der Waals surface area contributed by atoms with Gasteiger partial charge in [-0.2, -0.15) is 0 Å². The van der Waals surface area contributed by atoms with Gasteiger partial charge in [0.25, 0.3) is 0 Å². The molecule has 0 fully saturated rings. The van der Waals surface area contributed by atoms with Gasteiger partial charge in [-0.05, 0) is 34.1 Å². The van der Waals surface area contributed by atoms with E-state index in [-0.39, 0.29) is 0 Å². The predicted molar refractivity (Wildman–Crippen MR) is 75.1 cm³/mol. The Bertz CT molecular complexity index is 541. The van der Waals surface area contributed by atoms with Gasteiger partial charge in [-0.3, -0.25) is 4.57 Å². The second kappa shape index (κ2) is 4.52. The van der Waals surface area contributed by atoms with Crippen molar-refractivity contribution in [1.82, 2.24) is 0 Å². The zero-order valence-corrected chi connectivity index (χ0v) is 12.9. The quantitative estimate of drug-likeness (QED) is 0.732. The van der Waals surface area contributed by atoms with Gasteiger partial charge in [-0.1, -0.05) is 22.0 Å². The number of halogens is 2. The predicted octanol–water partition coefficient (Wildman–Crippen LogP) is 3.18. The van der Waals surface area contributed by atoms with Gasteiger partial charge in [-0.25, -0.2) is 0 Å². The van der Waals surface area contributed by atoms with E-state index < -0.39 is 13.4 Å². The minimum Gasteiger partial charge on any atom is -0.356 e. The average molecular weight is 383 g/mol. The van der Waals surface area contributed by atoms with Crippen molar-refractivity contribution in [2.24, 2.45) is 0 Å². The summed E-state index contributed by atoms with van der Waals surface area (Å²) in [7, 11) is -2.51. The van der Waals surface area contributed by atoms with Crippen LogP contribution in [0, 0.1) is 0 Å². The highest BCUT2D eigenvalue weighted by molar-refractivity contribution is 9.11. The molecule has 1 aliphatic rings. The summed E-state index contributed by atoms with van der Waals surface area (Å²) in [4.78, 5) is 20.2. The topological polar surface area (TPSA) is 60.8 Å². The van der Waals surface area contributed by atoms with Crippen molar-refractivity contribution in [2.45, 2.75) is 5.78 Å². The van der Waals surface area contributed by atoms with E-state index in [9.17, 15) is 14.4 Å². The van der Waals surface area contributed by atoms with E-state index in [1.54, 1.807) is 18.0 Å². The monoisotopic (exact) mass is 381 g/mol. The third-order valence-electron chi connectivity index (χ3n) is 2.64. The molecule has 4 nitrogen and oxygen atoms in total. The van der Waals surface area contributed by atoms with Gasteiger partial charge in [0.1, 0.15) is 5.78 Å². The zero-order valence-electron chi connectivity index (χ0n) is 8.84. The van der Waals surface area contributed by atoms with Crippen LogP contribution in [0.15, 0.2) is 27.2 Å². The van der Waals surface area contributed by atoms with Crippen LogP contribution < -0.4 is 4.90 Å². The Kier molecular flexibility index (Phi) is 3.54. The molecule has 0 aromatic heterocycles. The van der Waals surface area contributed by atoms with Crippen LogP contribution in [0.4, 0.5) is 5.69 Å². The molecule has 1 atom stereocenters. The number of anilines is 1. The Morgan fingerprint density at radius 2 is 1.88 bits per heavy atom. The van der Waals surface area contributed by atoms with Crippen molar-refractivity contribution in [2.75, 3.05) is 11.9 Å². The van der Waals surface area contributed by atoms with Crippen LogP contribution >= 0.6 is 39.5 Å². The highest BCUT2D eigenvalue weighted by Crippen LogP contribution is 2.50. The van der Waals surface area contributed by atoms with Crippen molar-refractivity contribution in [3.8, 4) is 0 Å². The molecule has 1 aliphatic heterocycles. The van der Waals surface area contributed by atoms with Crippen molar-refractivity contribution in [3.63, 3.8) is 0 Å². The van der Waals surface area contributed by atoms with Crippen molar-refractivity contribution in [3.05, 3.63) is 32.7 Å². The summed E-state index contributed by atoms with van der Waals surface area (Å²) in [6, 6.07) is 3.73. The number of hydrogen-bond acceptors (Lipinski definition) is 2. The fourth-order valence-electron chi connectivity index (χ4n) is 1.86. The van der Waals surface area contributed by atoms with E-state index in [1.807, 2.05) is 12.1 Å². The molecule has 0 bridgehead atoms. The number of fused-ring (bicyclic) bond motifs is 1. The maximum absolute atomic E-state index is 11.4. The molecule has 0 spiro atoms. The van der Waals surface area contributed by atoms with E-state index in [0.29, 0.717) is 0 Å². The summed E-state index contributed by atoms with van der Waals surface area (Å²) in [5, 5.41) is 0. The minimum absolute atomic E-state index is 0.773. The Labute approximate surface area is 116 Å². The number of benzene rings is 1. The van der Waals surface area contributed by atoms with E-state index in [0.717, 1.165) is 20.2 Å². The molecule has 2 rings (SSSR count). The first kappa shape index (κ1) is 13.3. The van der Waals surface area contributed by atoms with Gasteiger partial charge in [0.2, 0.25) is 0 Å². The van der Waals surface area contributed by atoms with Gasteiger partial charge in [-0.15, -0.1) is 0 Å². The summed E-state index contributed by atoms with van der Waals surface area (Å²) in [5.74, 6) is -0.916. The van der Waals surface area contributed by atoms with Crippen molar-refractivity contribution in [1.29, 1.82) is 0 Å². The Morgan fingerprint density at radius 1 is 1.29 bits per heavy atom. The normalized spacial score (nSPS) is 19.4. The minimum atomic E-state index is -4.18. The first-order valence-electron chi connectivity index (χ1n) is 4.76. The molecular formula is C10H10Br2NO3P. The summed E-state index contributed by atoms with van der Waals surface area (Å²) < 4.78 is 13.1.